The third kappa shape index (κ3) is 3.55. The molecule has 0 amide bonds. The average molecular weight is 240 g/mol. The van der Waals surface area contributed by atoms with Crippen molar-refractivity contribution in [3.8, 4) is 5.75 Å². The van der Waals surface area contributed by atoms with E-state index in [1.54, 1.807) is 6.92 Å². The molecule has 1 aromatic rings. The maximum absolute atomic E-state index is 13.4. The van der Waals surface area contributed by atoms with Crippen molar-refractivity contribution in [3.63, 3.8) is 0 Å². The number of benzene rings is 1. The Morgan fingerprint density at radius 3 is 2.76 bits per heavy atom. The first-order chi connectivity index (χ1) is 8.08. The minimum atomic E-state index is -0.897. The number of carbonyl (C=O) groups excluding carboxylic acids is 2. The number of esters is 1. The van der Waals surface area contributed by atoms with E-state index < -0.39 is 17.9 Å². The molecule has 0 aliphatic heterocycles. The fourth-order valence-corrected chi connectivity index (χ4v) is 1.18. The maximum atomic E-state index is 13.4. The van der Waals surface area contributed by atoms with E-state index >= 15 is 0 Å². The largest absolute Gasteiger partial charge is 0.476 e. The third-order valence-corrected chi connectivity index (χ3v) is 2.01. The Labute approximate surface area is 98.3 Å². The van der Waals surface area contributed by atoms with Gasteiger partial charge < -0.3 is 9.47 Å². The molecule has 0 fully saturated rings. The molecule has 1 unspecified atom stereocenters. The average Bonchev–Trinajstić information content (AvgIpc) is 2.31. The summed E-state index contributed by atoms with van der Waals surface area (Å²) in [5.41, 5.74) is 0.207. The zero-order valence-electron chi connectivity index (χ0n) is 9.60. The molecule has 1 aromatic carbocycles. The molecule has 5 heteroatoms. The van der Waals surface area contributed by atoms with Crippen LogP contribution >= 0.6 is 0 Å². The van der Waals surface area contributed by atoms with Crippen LogP contribution in [-0.4, -0.2) is 25.0 Å². The number of hydrogen-bond donors (Lipinski definition) is 0. The Bertz CT molecular complexity index is 417. The van der Waals surface area contributed by atoms with E-state index in [0.29, 0.717) is 6.29 Å². The van der Waals surface area contributed by atoms with Gasteiger partial charge in [0, 0.05) is 5.56 Å². The van der Waals surface area contributed by atoms with Crippen molar-refractivity contribution in [2.45, 2.75) is 20.0 Å². The van der Waals surface area contributed by atoms with Gasteiger partial charge in [0.25, 0.3) is 0 Å². The zero-order valence-corrected chi connectivity index (χ0v) is 9.60. The van der Waals surface area contributed by atoms with Crippen LogP contribution in [0.25, 0.3) is 0 Å². The normalized spacial score (nSPS) is 11.7. The van der Waals surface area contributed by atoms with E-state index in [0.717, 1.165) is 6.07 Å². The van der Waals surface area contributed by atoms with Crippen LogP contribution in [0.2, 0.25) is 0 Å². The molecule has 0 aromatic heterocycles. The Kier molecular flexibility index (Phi) is 4.63. The molecular weight excluding hydrogens is 227 g/mol. The highest BCUT2D eigenvalue weighted by atomic mass is 19.1. The highest BCUT2D eigenvalue weighted by Gasteiger charge is 2.17. The van der Waals surface area contributed by atoms with Crippen molar-refractivity contribution in [1.29, 1.82) is 0 Å². The first-order valence-corrected chi connectivity index (χ1v) is 5.16. The van der Waals surface area contributed by atoms with E-state index in [1.165, 1.54) is 19.1 Å². The topological polar surface area (TPSA) is 52.6 Å². The highest BCUT2D eigenvalue weighted by Crippen LogP contribution is 2.19. The Balaban J connectivity index is 2.74. The smallest absolute Gasteiger partial charge is 0.347 e. The van der Waals surface area contributed by atoms with Gasteiger partial charge in [-0.25, -0.2) is 9.18 Å². The fraction of sp³-hybridized carbons (Fsp3) is 0.333. The van der Waals surface area contributed by atoms with E-state index in [2.05, 4.69) is 0 Å². The van der Waals surface area contributed by atoms with Crippen LogP contribution in [-0.2, 0) is 9.53 Å². The summed E-state index contributed by atoms with van der Waals surface area (Å²) in [5.74, 6) is -1.34. The van der Waals surface area contributed by atoms with Crippen molar-refractivity contribution in [2.24, 2.45) is 0 Å². The summed E-state index contributed by atoms with van der Waals surface area (Å²) in [6.07, 6.45) is -0.367. The minimum absolute atomic E-state index is 0.0869. The molecule has 0 radical (unpaired) electrons. The van der Waals surface area contributed by atoms with E-state index in [-0.39, 0.29) is 17.9 Å². The predicted molar refractivity (Wildman–Crippen MR) is 58.5 cm³/mol. The van der Waals surface area contributed by atoms with Crippen LogP contribution in [0.5, 0.6) is 5.75 Å². The Hall–Kier alpha value is -1.91. The summed E-state index contributed by atoms with van der Waals surface area (Å²) in [4.78, 5) is 21.7. The highest BCUT2D eigenvalue weighted by molar-refractivity contribution is 5.76. The van der Waals surface area contributed by atoms with Crippen LogP contribution in [0.3, 0.4) is 0 Å². The van der Waals surface area contributed by atoms with Gasteiger partial charge in [0.05, 0.1) is 6.61 Å². The summed E-state index contributed by atoms with van der Waals surface area (Å²) in [5, 5.41) is 0. The number of hydrogen-bond acceptors (Lipinski definition) is 4. The number of carbonyl (C=O) groups is 2. The minimum Gasteiger partial charge on any atom is -0.476 e. The first kappa shape index (κ1) is 13.2. The second-order valence-electron chi connectivity index (χ2n) is 3.32. The summed E-state index contributed by atoms with van der Waals surface area (Å²) in [6.45, 7) is 3.37. The van der Waals surface area contributed by atoms with Gasteiger partial charge in [0.15, 0.2) is 17.7 Å². The number of halogens is 1. The monoisotopic (exact) mass is 240 g/mol. The summed E-state index contributed by atoms with van der Waals surface area (Å²) < 4.78 is 23.2. The van der Waals surface area contributed by atoms with Gasteiger partial charge in [0.2, 0.25) is 0 Å². The van der Waals surface area contributed by atoms with E-state index in [1.807, 2.05) is 0 Å². The molecule has 1 atom stereocenters. The van der Waals surface area contributed by atoms with Gasteiger partial charge in [0.1, 0.15) is 6.29 Å². The fourth-order valence-electron chi connectivity index (χ4n) is 1.18. The zero-order chi connectivity index (χ0) is 12.8. The molecule has 0 aliphatic rings. The standard InChI is InChI=1S/C12H13FO4/c1-3-16-12(15)8(2)17-11-5-4-9(7-14)6-10(11)13/h4-8H,3H2,1-2H3. The van der Waals surface area contributed by atoms with Gasteiger partial charge in [-0.3, -0.25) is 4.79 Å². The van der Waals surface area contributed by atoms with Gasteiger partial charge in [-0.1, -0.05) is 0 Å². The second-order valence-corrected chi connectivity index (χ2v) is 3.32. The molecule has 4 nitrogen and oxygen atoms in total. The summed E-state index contributed by atoms with van der Waals surface area (Å²) in [7, 11) is 0. The number of ether oxygens (including phenoxy) is 2. The molecule has 1 rings (SSSR count). The van der Waals surface area contributed by atoms with E-state index in [4.69, 9.17) is 9.47 Å². The number of rotatable bonds is 5. The SMILES string of the molecule is CCOC(=O)C(C)Oc1ccc(C=O)cc1F. The molecule has 17 heavy (non-hydrogen) atoms. The lowest BCUT2D eigenvalue weighted by molar-refractivity contribution is -0.150. The van der Waals surface area contributed by atoms with Gasteiger partial charge >= 0.3 is 5.97 Å². The van der Waals surface area contributed by atoms with Crippen molar-refractivity contribution in [3.05, 3.63) is 29.6 Å². The van der Waals surface area contributed by atoms with Crippen molar-refractivity contribution in [2.75, 3.05) is 6.61 Å². The van der Waals surface area contributed by atoms with Gasteiger partial charge in [-0.05, 0) is 32.0 Å². The second kappa shape index (κ2) is 5.98. The van der Waals surface area contributed by atoms with Crippen LogP contribution in [0.1, 0.15) is 24.2 Å². The molecule has 0 saturated carbocycles. The van der Waals surface area contributed by atoms with Crippen LogP contribution < -0.4 is 4.74 Å². The Morgan fingerprint density at radius 2 is 2.24 bits per heavy atom. The molecular formula is C12H13FO4. The molecule has 0 N–H and O–H groups in total. The lowest BCUT2D eigenvalue weighted by atomic mass is 10.2. The van der Waals surface area contributed by atoms with Gasteiger partial charge in [-0.15, -0.1) is 0 Å². The molecule has 0 aliphatic carbocycles. The van der Waals surface area contributed by atoms with Crippen molar-refractivity contribution in [1.82, 2.24) is 0 Å². The van der Waals surface area contributed by atoms with Crippen molar-refractivity contribution < 1.29 is 23.5 Å². The van der Waals surface area contributed by atoms with Gasteiger partial charge in [-0.2, -0.15) is 0 Å². The van der Waals surface area contributed by atoms with Crippen LogP contribution in [0, 0.1) is 5.82 Å². The quantitative estimate of drug-likeness (QED) is 0.583. The Morgan fingerprint density at radius 1 is 1.53 bits per heavy atom. The molecule has 0 bridgehead atoms. The van der Waals surface area contributed by atoms with Crippen LogP contribution in [0.15, 0.2) is 18.2 Å². The molecule has 0 saturated heterocycles. The summed E-state index contributed by atoms with van der Waals surface area (Å²) in [6, 6.07) is 3.75. The predicted octanol–water partition coefficient (Wildman–Crippen LogP) is 1.97. The summed E-state index contributed by atoms with van der Waals surface area (Å²) >= 11 is 0. The van der Waals surface area contributed by atoms with E-state index in [9.17, 15) is 14.0 Å². The number of aldehydes is 1. The molecule has 0 spiro atoms. The lowest BCUT2D eigenvalue weighted by Gasteiger charge is -2.13. The lowest BCUT2D eigenvalue weighted by Crippen LogP contribution is -2.26. The molecule has 0 heterocycles. The molecule has 92 valence electrons. The maximum Gasteiger partial charge on any atom is 0.347 e. The first-order valence-electron chi connectivity index (χ1n) is 5.16. The van der Waals surface area contributed by atoms with Crippen LogP contribution in [0.4, 0.5) is 4.39 Å². The van der Waals surface area contributed by atoms with Crippen molar-refractivity contribution >= 4 is 12.3 Å². The third-order valence-electron chi connectivity index (χ3n) is 2.01.